The van der Waals surface area contributed by atoms with Crippen LogP contribution in [0.1, 0.15) is 33.6 Å². The van der Waals surface area contributed by atoms with Crippen LogP contribution in [0.2, 0.25) is 0 Å². The number of hydrogen-bond acceptors (Lipinski definition) is 5. The molecule has 168 valence electrons. The average Bonchev–Trinajstić information content (AvgIpc) is 2.81. The third-order valence-corrected chi connectivity index (χ3v) is 5.13. The molecule has 2 unspecified atom stereocenters. The van der Waals surface area contributed by atoms with Crippen molar-refractivity contribution in [1.29, 1.82) is 0 Å². The zero-order valence-corrected chi connectivity index (χ0v) is 17.8. The van der Waals surface area contributed by atoms with Crippen molar-refractivity contribution >= 4 is 17.6 Å². The summed E-state index contributed by atoms with van der Waals surface area (Å²) in [6.45, 7) is 4.07. The van der Waals surface area contributed by atoms with Crippen LogP contribution in [0, 0.1) is 5.41 Å². The number of aliphatic hydroxyl groups is 2. The first-order chi connectivity index (χ1) is 13.8. The summed E-state index contributed by atoms with van der Waals surface area (Å²) in [5.74, 6) is -5.67. The van der Waals surface area contributed by atoms with Crippen molar-refractivity contribution in [2.24, 2.45) is 5.41 Å². The molecule has 0 aliphatic carbocycles. The van der Waals surface area contributed by atoms with Gasteiger partial charge < -0.3 is 15.5 Å². The SMILES string of the molecule is CC=CC=C1CC[N+](C)(C(=O)C(=O)CCNC(=O)C(O)C(C)(C)CO)C=CC1(F)F. The molecule has 0 radical (unpaired) electrons. The van der Waals surface area contributed by atoms with E-state index in [0.29, 0.717) is 6.08 Å². The fourth-order valence-electron chi connectivity index (χ4n) is 2.76. The van der Waals surface area contributed by atoms with Crippen LogP contribution in [0.15, 0.2) is 36.1 Å². The number of quaternary nitrogens is 1. The number of amides is 2. The Morgan fingerprint density at radius 1 is 1.37 bits per heavy atom. The molecule has 0 aromatic rings. The standard InChI is InChI=1S/C21H30F2N2O5/c1-5-6-7-15-9-12-25(4,13-10-21(15,22)23)19(30)16(27)8-11-24-18(29)17(28)20(2,3)14-26/h5-7,10,13,17,26,28H,8-9,11-12,14H2,1-4H3/p+1. The molecular formula is C21H31F2N2O5+. The third kappa shape index (κ3) is 6.38. The minimum atomic E-state index is -3.22. The van der Waals surface area contributed by atoms with Gasteiger partial charge in [-0.25, -0.2) is 9.28 Å². The number of aliphatic hydroxyl groups excluding tert-OH is 2. The second kappa shape index (κ2) is 10.2. The van der Waals surface area contributed by atoms with Gasteiger partial charge in [0.25, 0.3) is 11.7 Å². The number of carbonyl (C=O) groups is 3. The number of rotatable bonds is 8. The number of carbonyl (C=O) groups excluding carboxylic acids is 3. The van der Waals surface area contributed by atoms with E-state index in [1.165, 1.54) is 33.0 Å². The van der Waals surface area contributed by atoms with Crippen molar-refractivity contribution in [3.8, 4) is 0 Å². The first-order valence-corrected chi connectivity index (χ1v) is 9.71. The van der Waals surface area contributed by atoms with E-state index < -0.39 is 46.1 Å². The van der Waals surface area contributed by atoms with Crippen molar-refractivity contribution in [3.05, 3.63) is 36.1 Å². The van der Waals surface area contributed by atoms with Crippen LogP contribution < -0.4 is 5.32 Å². The zero-order valence-electron chi connectivity index (χ0n) is 17.8. The molecule has 9 heteroatoms. The molecule has 30 heavy (non-hydrogen) atoms. The summed E-state index contributed by atoms with van der Waals surface area (Å²) in [4.78, 5) is 36.9. The molecule has 2 amide bonds. The van der Waals surface area contributed by atoms with Gasteiger partial charge in [-0.1, -0.05) is 32.1 Å². The van der Waals surface area contributed by atoms with Crippen molar-refractivity contribution in [2.45, 2.75) is 45.6 Å². The Morgan fingerprint density at radius 2 is 2.00 bits per heavy atom. The molecule has 0 bridgehead atoms. The number of nitrogens with one attached hydrogen (secondary N) is 1. The quantitative estimate of drug-likeness (QED) is 0.401. The van der Waals surface area contributed by atoms with Gasteiger partial charge in [0.2, 0.25) is 5.91 Å². The fourth-order valence-corrected chi connectivity index (χ4v) is 2.76. The molecule has 0 spiro atoms. The van der Waals surface area contributed by atoms with Crippen molar-refractivity contribution < 1.29 is 37.9 Å². The fraction of sp³-hybridized carbons (Fsp3) is 0.571. The van der Waals surface area contributed by atoms with Gasteiger partial charge in [-0.3, -0.25) is 9.59 Å². The first kappa shape index (κ1) is 25.8. The van der Waals surface area contributed by atoms with Crippen LogP contribution in [0.4, 0.5) is 8.78 Å². The van der Waals surface area contributed by atoms with Crippen molar-refractivity contribution in [3.63, 3.8) is 0 Å². The van der Waals surface area contributed by atoms with Crippen molar-refractivity contribution in [2.75, 3.05) is 26.7 Å². The number of allylic oxidation sites excluding steroid dienone is 4. The number of likely N-dealkylation sites (N-methyl/N-ethyl adjacent to an activating group) is 1. The Balaban J connectivity index is 2.76. The molecule has 0 aromatic carbocycles. The predicted octanol–water partition coefficient (Wildman–Crippen LogP) is 1.47. The molecule has 0 fully saturated rings. The van der Waals surface area contributed by atoms with Gasteiger partial charge in [0, 0.05) is 36.5 Å². The summed E-state index contributed by atoms with van der Waals surface area (Å²) in [7, 11) is 1.39. The number of ketones is 1. The van der Waals surface area contributed by atoms with Crippen LogP contribution in [-0.4, -0.2) is 71.1 Å². The van der Waals surface area contributed by atoms with Gasteiger partial charge in [-0.15, -0.1) is 0 Å². The highest BCUT2D eigenvalue weighted by atomic mass is 19.3. The van der Waals surface area contributed by atoms with Gasteiger partial charge in [0.05, 0.1) is 20.2 Å². The summed E-state index contributed by atoms with van der Waals surface area (Å²) < 4.78 is 27.9. The number of Topliss-reactive ketones (excluding diaryl/α,β-unsaturated/α-hetero) is 1. The number of nitrogens with zero attached hydrogens (tertiary/aromatic N) is 1. The molecule has 3 N–H and O–H groups in total. The van der Waals surface area contributed by atoms with Gasteiger partial charge in [-0.2, -0.15) is 8.78 Å². The monoisotopic (exact) mass is 429 g/mol. The van der Waals surface area contributed by atoms with E-state index in [-0.39, 0.29) is 31.5 Å². The smallest absolute Gasteiger partial charge is 0.386 e. The number of halogens is 2. The lowest BCUT2D eigenvalue weighted by Gasteiger charge is -2.27. The largest absolute Gasteiger partial charge is 0.396 e. The Hall–Kier alpha value is -2.23. The maximum atomic E-state index is 14.3. The summed E-state index contributed by atoms with van der Waals surface area (Å²) in [6.07, 6.45) is 4.19. The van der Waals surface area contributed by atoms with Gasteiger partial charge in [0.15, 0.2) is 0 Å². The van der Waals surface area contributed by atoms with E-state index in [4.69, 9.17) is 0 Å². The lowest BCUT2D eigenvalue weighted by molar-refractivity contribution is -0.777. The van der Waals surface area contributed by atoms with Gasteiger partial charge in [0.1, 0.15) is 12.3 Å². The Kier molecular flexibility index (Phi) is 8.76. The Morgan fingerprint density at radius 3 is 2.57 bits per heavy atom. The lowest BCUT2D eigenvalue weighted by atomic mass is 9.87. The Labute approximate surface area is 175 Å². The highest BCUT2D eigenvalue weighted by molar-refractivity contribution is 6.33. The molecule has 0 aromatic heterocycles. The number of hydrogen-bond donors (Lipinski definition) is 3. The second-order valence-electron chi connectivity index (χ2n) is 8.22. The van der Waals surface area contributed by atoms with Crippen LogP contribution >= 0.6 is 0 Å². The average molecular weight is 429 g/mol. The molecule has 7 nitrogen and oxygen atoms in total. The summed E-state index contributed by atoms with van der Waals surface area (Å²) in [5, 5.41) is 21.4. The molecular weight excluding hydrogens is 398 g/mol. The first-order valence-electron chi connectivity index (χ1n) is 9.71. The van der Waals surface area contributed by atoms with Crippen LogP contribution in [0.3, 0.4) is 0 Å². The minimum absolute atomic E-state index is 0.00415. The molecule has 1 rings (SSSR count). The van der Waals surface area contributed by atoms with E-state index >= 15 is 0 Å². The summed E-state index contributed by atoms with van der Waals surface area (Å²) >= 11 is 0. The highest BCUT2D eigenvalue weighted by Gasteiger charge is 2.42. The minimum Gasteiger partial charge on any atom is -0.396 e. The summed E-state index contributed by atoms with van der Waals surface area (Å²) in [5.41, 5.74) is -1.21. The van der Waals surface area contributed by atoms with E-state index in [2.05, 4.69) is 5.32 Å². The zero-order chi connectivity index (χ0) is 23.2. The van der Waals surface area contributed by atoms with Crippen LogP contribution in [0.25, 0.3) is 0 Å². The van der Waals surface area contributed by atoms with E-state index in [1.54, 1.807) is 13.0 Å². The highest BCUT2D eigenvalue weighted by Crippen LogP contribution is 2.33. The second-order valence-corrected chi connectivity index (χ2v) is 8.22. The Bertz CT molecular complexity index is 758. The summed E-state index contributed by atoms with van der Waals surface area (Å²) in [6, 6.07) is 0. The normalized spacial score (nSPS) is 23.9. The van der Waals surface area contributed by atoms with E-state index in [1.807, 2.05) is 0 Å². The van der Waals surface area contributed by atoms with Crippen molar-refractivity contribution in [1.82, 2.24) is 5.32 Å². The number of alkyl halides is 2. The van der Waals surface area contributed by atoms with Crippen LogP contribution in [-0.2, 0) is 14.4 Å². The van der Waals surface area contributed by atoms with Crippen LogP contribution in [0.5, 0.6) is 0 Å². The van der Waals surface area contributed by atoms with E-state index in [9.17, 15) is 33.4 Å². The molecule has 0 saturated heterocycles. The van der Waals surface area contributed by atoms with E-state index in [0.717, 1.165) is 6.20 Å². The molecule has 1 aliphatic rings. The molecule has 2 atom stereocenters. The topological polar surface area (TPSA) is 104 Å². The maximum Gasteiger partial charge on any atom is 0.386 e. The maximum absolute atomic E-state index is 14.3. The molecule has 1 aliphatic heterocycles. The predicted molar refractivity (Wildman–Crippen MR) is 107 cm³/mol. The van der Waals surface area contributed by atoms with Gasteiger partial charge in [-0.05, 0) is 6.92 Å². The lowest BCUT2D eigenvalue weighted by Crippen LogP contribution is -2.50. The van der Waals surface area contributed by atoms with Gasteiger partial charge >= 0.3 is 5.91 Å². The molecule has 1 heterocycles. The third-order valence-electron chi connectivity index (χ3n) is 5.13. The molecule has 0 saturated carbocycles.